The second-order valence-electron chi connectivity index (χ2n) is 3.65. The topological polar surface area (TPSA) is 68.1 Å². The van der Waals surface area contributed by atoms with Gasteiger partial charge in [-0.3, -0.25) is 10.1 Å². The fourth-order valence-corrected chi connectivity index (χ4v) is 1.39. The van der Waals surface area contributed by atoms with Gasteiger partial charge < -0.3 is 5.32 Å². The van der Waals surface area contributed by atoms with Crippen LogP contribution < -0.4 is 5.32 Å². The molecule has 86 valence electrons. The number of anilines is 2. The van der Waals surface area contributed by atoms with E-state index >= 15 is 0 Å². The Balaban J connectivity index is 2.21. The summed E-state index contributed by atoms with van der Waals surface area (Å²) in [5, 5.41) is 13.6. The van der Waals surface area contributed by atoms with Crippen molar-refractivity contribution in [2.45, 2.75) is 6.92 Å². The number of rotatable bonds is 3. The molecule has 1 heterocycles. The first kappa shape index (κ1) is 11.1. The third-order valence-corrected chi connectivity index (χ3v) is 2.28. The van der Waals surface area contributed by atoms with E-state index in [0.29, 0.717) is 5.82 Å². The Bertz CT molecular complexity index is 538. The van der Waals surface area contributed by atoms with Gasteiger partial charge in [0.05, 0.1) is 11.0 Å². The summed E-state index contributed by atoms with van der Waals surface area (Å²) in [5.41, 5.74) is 2.03. The zero-order chi connectivity index (χ0) is 12.3. The lowest BCUT2D eigenvalue weighted by atomic mass is 10.2. The minimum absolute atomic E-state index is 0.0228. The lowest BCUT2D eigenvalue weighted by Gasteiger charge is -2.05. The second kappa shape index (κ2) is 4.61. The van der Waals surface area contributed by atoms with E-state index in [-0.39, 0.29) is 5.69 Å². The molecule has 0 amide bonds. The summed E-state index contributed by atoms with van der Waals surface area (Å²) in [6.45, 7) is 2.00. The van der Waals surface area contributed by atoms with Crippen LogP contribution in [0.2, 0.25) is 0 Å². The standard InChI is InChI=1S/C12H11N3O2/c1-9-2-4-10(5-3-9)14-12-8-11(15(16)17)6-7-13-12/h2-8H,1H3,(H,13,14). The maximum atomic E-state index is 10.6. The molecule has 0 aliphatic rings. The Morgan fingerprint density at radius 3 is 2.59 bits per heavy atom. The molecule has 0 bridgehead atoms. The predicted octanol–water partition coefficient (Wildman–Crippen LogP) is 3.04. The molecular weight excluding hydrogens is 218 g/mol. The summed E-state index contributed by atoms with van der Waals surface area (Å²) < 4.78 is 0. The number of hydrogen-bond donors (Lipinski definition) is 1. The highest BCUT2D eigenvalue weighted by atomic mass is 16.6. The van der Waals surface area contributed by atoms with Crippen molar-refractivity contribution in [2.24, 2.45) is 0 Å². The smallest absolute Gasteiger partial charge is 0.274 e. The first-order valence-electron chi connectivity index (χ1n) is 5.09. The van der Waals surface area contributed by atoms with Crippen molar-refractivity contribution < 1.29 is 4.92 Å². The number of pyridine rings is 1. The van der Waals surface area contributed by atoms with Gasteiger partial charge in [0.25, 0.3) is 5.69 Å². The minimum Gasteiger partial charge on any atom is -0.340 e. The number of nitrogens with one attached hydrogen (secondary N) is 1. The Hall–Kier alpha value is -2.43. The second-order valence-corrected chi connectivity index (χ2v) is 3.65. The molecule has 0 aliphatic heterocycles. The van der Waals surface area contributed by atoms with Crippen LogP contribution in [0.4, 0.5) is 17.2 Å². The fourth-order valence-electron chi connectivity index (χ4n) is 1.39. The zero-order valence-corrected chi connectivity index (χ0v) is 9.25. The number of hydrogen-bond acceptors (Lipinski definition) is 4. The van der Waals surface area contributed by atoms with Gasteiger partial charge in [-0.15, -0.1) is 0 Å². The van der Waals surface area contributed by atoms with Crippen molar-refractivity contribution in [3.05, 3.63) is 58.3 Å². The molecule has 5 nitrogen and oxygen atoms in total. The molecule has 2 aromatic rings. The van der Waals surface area contributed by atoms with Crippen molar-refractivity contribution in [1.29, 1.82) is 0 Å². The summed E-state index contributed by atoms with van der Waals surface area (Å²) in [4.78, 5) is 14.2. The molecule has 2 rings (SSSR count). The largest absolute Gasteiger partial charge is 0.340 e. The molecule has 0 spiro atoms. The van der Waals surface area contributed by atoms with E-state index in [2.05, 4.69) is 10.3 Å². The van der Waals surface area contributed by atoms with E-state index in [1.165, 1.54) is 18.3 Å². The third kappa shape index (κ3) is 2.78. The normalized spacial score (nSPS) is 9.94. The number of nitro groups is 1. The molecule has 0 atom stereocenters. The summed E-state index contributed by atoms with van der Waals surface area (Å²) >= 11 is 0. The van der Waals surface area contributed by atoms with E-state index in [4.69, 9.17) is 0 Å². The highest BCUT2D eigenvalue weighted by Gasteiger charge is 2.06. The van der Waals surface area contributed by atoms with Crippen LogP contribution in [0.15, 0.2) is 42.6 Å². The molecule has 17 heavy (non-hydrogen) atoms. The molecule has 0 aliphatic carbocycles. The van der Waals surface area contributed by atoms with Gasteiger partial charge in [-0.2, -0.15) is 0 Å². The van der Waals surface area contributed by atoms with Crippen LogP contribution >= 0.6 is 0 Å². The molecule has 0 saturated heterocycles. The molecular formula is C12H11N3O2. The van der Waals surface area contributed by atoms with E-state index in [0.717, 1.165) is 11.3 Å². The molecule has 0 saturated carbocycles. The summed E-state index contributed by atoms with van der Waals surface area (Å²) in [7, 11) is 0. The Morgan fingerprint density at radius 2 is 1.94 bits per heavy atom. The SMILES string of the molecule is Cc1ccc(Nc2cc([N+](=O)[O-])ccn2)cc1. The predicted molar refractivity (Wildman–Crippen MR) is 65.4 cm³/mol. The minimum atomic E-state index is -0.442. The lowest BCUT2D eigenvalue weighted by Crippen LogP contribution is -1.95. The van der Waals surface area contributed by atoms with Gasteiger partial charge in [-0.05, 0) is 19.1 Å². The highest BCUT2D eigenvalue weighted by molar-refractivity contribution is 5.58. The van der Waals surface area contributed by atoms with Crippen molar-refractivity contribution in [3.63, 3.8) is 0 Å². The van der Waals surface area contributed by atoms with Crippen molar-refractivity contribution in [2.75, 3.05) is 5.32 Å². The first-order valence-corrected chi connectivity index (χ1v) is 5.09. The van der Waals surface area contributed by atoms with Crippen LogP contribution in [-0.4, -0.2) is 9.91 Å². The monoisotopic (exact) mass is 229 g/mol. The molecule has 1 N–H and O–H groups in total. The van der Waals surface area contributed by atoms with E-state index < -0.39 is 4.92 Å². The maximum absolute atomic E-state index is 10.6. The number of aromatic nitrogens is 1. The van der Waals surface area contributed by atoms with Gasteiger partial charge in [0, 0.05) is 18.0 Å². The Kier molecular flexibility index (Phi) is 3.00. The third-order valence-electron chi connectivity index (χ3n) is 2.28. The van der Waals surface area contributed by atoms with E-state index in [1.807, 2.05) is 31.2 Å². The van der Waals surface area contributed by atoms with Gasteiger partial charge in [0.2, 0.25) is 0 Å². The average Bonchev–Trinajstić information content (AvgIpc) is 2.32. The number of benzene rings is 1. The van der Waals surface area contributed by atoms with Crippen LogP contribution in [0.3, 0.4) is 0 Å². The summed E-state index contributed by atoms with van der Waals surface area (Å²) in [6.07, 6.45) is 1.41. The van der Waals surface area contributed by atoms with Gasteiger partial charge in [-0.25, -0.2) is 4.98 Å². The van der Waals surface area contributed by atoms with Crippen LogP contribution in [0.25, 0.3) is 0 Å². The summed E-state index contributed by atoms with van der Waals surface area (Å²) in [6, 6.07) is 10.5. The Morgan fingerprint density at radius 1 is 1.24 bits per heavy atom. The molecule has 1 aromatic heterocycles. The maximum Gasteiger partial charge on any atom is 0.274 e. The number of aryl methyl sites for hydroxylation is 1. The highest BCUT2D eigenvalue weighted by Crippen LogP contribution is 2.19. The molecule has 0 fully saturated rings. The van der Waals surface area contributed by atoms with Crippen LogP contribution in [0, 0.1) is 17.0 Å². The van der Waals surface area contributed by atoms with Gasteiger partial charge in [-0.1, -0.05) is 17.7 Å². The summed E-state index contributed by atoms with van der Waals surface area (Å²) in [5.74, 6) is 0.461. The zero-order valence-electron chi connectivity index (χ0n) is 9.25. The van der Waals surface area contributed by atoms with Crippen LogP contribution in [-0.2, 0) is 0 Å². The average molecular weight is 229 g/mol. The lowest BCUT2D eigenvalue weighted by molar-refractivity contribution is -0.384. The van der Waals surface area contributed by atoms with Crippen molar-refractivity contribution in [3.8, 4) is 0 Å². The Labute approximate surface area is 98.3 Å². The molecule has 1 aromatic carbocycles. The van der Waals surface area contributed by atoms with Crippen LogP contribution in [0.5, 0.6) is 0 Å². The molecule has 0 radical (unpaired) electrons. The number of nitrogens with zero attached hydrogens (tertiary/aromatic N) is 2. The van der Waals surface area contributed by atoms with Gasteiger partial charge in [0.15, 0.2) is 0 Å². The van der Waals surface area contributed by atoms with Gasteiger partial charge in [0.1, 0.15) is 5.82 Å². The van der Waals surface area contributed by atoms with E-state index in [1.54, 1.807) is 0 Å². The quantitative estimate of drug-likeness (QED) is 0.648. The van der Waals surface area contributed by atoms with Crippen molar-refractivity contribution in [1.82, 2.24) is 4.98 Å². The fraction of sp³-hybridized carbons (Fsp3) is 0.0833. The van der Waals surface area contributed by atoms with Crippen LogP contribution in [0.1, 0.15) is 5.56 Å². The molecule has 5 heteroatoms. The van der Waals surface area contributed by atoms with Gasteiger partial charge >= 0.3 is 0 Å². The first-order chi connectivity index (χ1) is 8.15. The van der Waals surface area contributed by atoms with E-state index in [9.17, 15) is 10.1 Å². The van der Waals surface area contributed by atoms with Crippen molar-refractivity contribution >= 4 is 17.2 Å². The molecule has 0 unspecified atom stereocenters.